The Kier molecular flexibility index (Phi) is 4.86. The lowest BCUT2D eigenvalue weighted by atomic mass is 9.54. The first-order chi connectivity index (χ1) is 15.3. The molecule has 176 valence electrons. The molecule has 0 spiro atoms. The molecule has 0 radical (unpaired) electrons. The van der Waals surface area contributed by atoms with Crippen molar-refractivity contribution in [3.05, 3.63) is 40.2 Å². The predicted octanol–water partition coefficient (Wildman–Crippen LogP) is -0.922. The Hall–Kier alpha value is -3.41. The molecule has 6 atom stereocenters. The predicted molar refractivity (Wildman–Crippen MR) is 115 cm³/mol. The lowest BCUT2D eigenvalue weighted by molar-refractivity contribution is -0.169. The first-order valence-corrected chi connectivity index (χ1v) is 10.2. The zero-order chi connectivity index (χ0) is 24.7. The van der Waals surface area contributed by atoms with Crippen LogP contribution in [0, 0.1) is 11.8 Å². The van der Waals surface area contributed by atoms with Crippen LogP contribution in [0.25, 0.3) is 5.76 Å². The number of nitrogens with zero attached hydrogens (tertiary/aromatic N) is 1. The van der Waals surface area contributed by atoms with Crippen LogP contribution in [0.5, 0.6) is 5.75 Å². The topological polar surface area (TPSA) is 208 Å². The molecule has 0 aromatic heterocycles. The first kappa shape index (κ1) is 22.8. The molecule has 1 amide bonds. The molecule has 5 unspecified atom stereocenters. The van der Waals surface area contributed by atoms with Gasteiger partial charge in [0.05, 0.1) is 29.3 Å². The molecule has 33 heavy (non-hydrogen) atoms. The Balaban J connectivity index is 2.07. The van der Waals surface area contributed by atoms with Crippen LogP contribution in [0.4, 0.5) is 5.69 Å². The Labute approximate surface area is 188 Å². The van der Waals surface area contributed by atoms with Crippen LogP contribution in [0.2, 0.25) is 0 Å². The summed E-state index contributed by atoms with van der Waals surface area (Å²) in [6.45, 7) is 1.65. The van der Waals surface area contributed by atoms with Gasteiger partial charge in [-0.15, -0.1) is 0 Å². The number of hydrogen-bond acceptors (Lipinski definition) is 10. The number of likely N-dealkylation sites (N-methyl/N-ethyl adjacent to an activating group) is 1. The molecule has 1 aromatic rings. The number of fused-ring (bicyclic) bond motifs is 3. The van der Waals surface area contributed by atoms with E-state index in [0.717, 1.165) is 0 Å². The molecule has 1 saturated carbocycles. The number of Topliss-reactive ketones (excluding diaryl/α,β-unsaturated/α-hetero) is 2. The number of anilines is 1. The number of carbonyl (C=O) groups excluding carboxylic acids is 3. The number of primary amides is 1. The number of aromatic hydroxyl groups is 1. The summed E-state index contributed by atoms with van der Waals surface area (Å²) in [4.78, 5) is 40.0. The average Bonchev–Trinajstić information content (AvgIpc) is 2.72. The minimum atomic E-state index is -2.93. The van der Waals surface area contributed by atoms with Gasteiger partial charge in [0.1, 0.15) is 22.8 Å². The fourth-order valence-electron chi connectivity index (χ4n) is 5.63. The number of ketones is 2. The summed E-state index contributed by atoms with van der Waals surface area (Å²) < 4.78 is 0. The van der Waals surface area contributed by atoms with Gasteiger partial charge in [0.25, 0.3) is 5.91 Å². The number of rotatable bonds is 2. The second kappa shape index (κ2) is 7.04. The number of aliphatic hydroxyl groups is 4. The quantitative estimate of drug-likeness (QED) is 0.164. The van der Waals surface area contributed by atoms with E-state index in [1.807, 2.05) is 0 Å². The van der Waals surface area contributed by atoms with Crippen LogP contribution in [-0.4, -0.2) is 79.7 Å². The normalized spacial score (nSPS) is 33.7. The lowest BCUT2D eigenvalue weighted by Crippen LogP contribution is -2.70. The minimum Gasteiger partial charge on any atom is -0.508 e. The molecule has 0 heterocycles. The van der Waals surface area contributed by atoms with Crippen molar-refractivity contribution in [1.82, 2.24) is 4.90 Å². The fraction of sp³-hybridized carbons (Fsp3) is 0.409. The SMILES string of the molecule is CC1c2ccc(N)c(O)c2C(O)=C2C(=O)C3(O)C(O)=C(C(N)=O)C(=O)[C@@H](N(C)C)C3C(O)C21. The number of hydrogen-bond donors (Lipinski definition) is 7. The number of nitrogen functional groups attached to an aromatic ring is 1. The Morgan fingerprint density at radius 2 is 1.76 bits per heavy atom. The molecule has 11 heteroatoms. The van der Waals surface area contributed by atoms with E-state index >= 15 is 0 Å². The number of carbonyl (C=O) groups is 3. The van der Waals surface area contributed by atoms with Crippen molar-refractivity contribution in [1.29, 1.82) is 0 Å². The van der Waals surface area contributed by atoms with Crippen molar-refractivity contribution >= 4 is 28.9 Å². The molecule has 3 aliphatic rings. The largest absolute Gasteiger partial charge is 0.508 e. The summed E-state index contributed by atoms with van der Waals surface area (Å²) >= 11 is 0. The van der Waals surface area contributed by atoms with E-state index in [-0.39, 0.29) is 11.3 Å². The summed E-state index contributed by atoms with van der Waals surface area (Å²) in [5, 5.41) is 55.2. The van der Waals surface area contributed by atoms with E-state index in [2.05, 4.69) is 0 Å². The molecule has 11 nitrogen and oxygen atoms in total. The number of phenols is 1. The Morgan fingerprint density at radius 3 is 2.30 bits per heavy atom. The van der Waals surface area contributed by atoms with Crippen molar-refractivity contribution in [2.45, 2.75) is 30.6 Å². The van der Waals surface area contributed by atoms with Crippen LogP contribution in [-0.2, 0) is 14.4 Å². The lowest BCUT2D eigenvalue weighted by Gasteiger charge is -2.53. The van der Waals surface area contributed by atoms with Crippen LogP contribution < -0.4 is 11.5 Å². The van der Waals surface area contributed by atoms with Gasteiger partial charge in [-0.1, -0.05) is 13.0 Å². The van der Waals surface area contributed by atoms with Gasteiger partial charge in [-0.2, -0.15) is 0 Å². The third-order valence-electron chi connectivity index (χ3n) is 7.16. The van der Waals surface area contributed by atoms with Crippen LogP contribution >= 0.6 is 0 Å². The molecule has 4 rings (SSSR count). The highest BCUT2D eigenvalue weighted by Gasteiger charge is 2.68. The zero-order valence-electron chi connectivity index (χ0n) is 18.1. The minimum absolute atomic E-state index is 0.0679. The second-order valence-corrected chi connectivity index (χ2v) is 9.02. The van der Waals surface area contributed by atoms with Gasteiger partial charge in [-0.05, 0) is 31.6 Å². The van der Waals surface area contributed by atoms with E-state index in [4.69, 9.17) is 11.5 Å². The number of benzene rings is 1. The smallest absolute Gasteiger partial charge is 0.255 e. The molecule has 1 fully saturated rings. The number of phenolic OH excluding ortho intramolecular Hbond substituents is 1. The fourth-order valence-corrected chi connectivity index (χ4v) is 5.63. The average molecular weight is 459 g/mol. The van der Waals surface area contributed by atoms with E-state index in [1.165, 1.54) is 31.1 Å². The zero-order valence-corrected chi connectivity index (χ0v) is 18.1. The maximum Gasteiger partial charge on any atom is 0.255 e. The van der Waals surface area contributed by atoms with Gasteiger partial charge >= 0.3 is 0 Å². The molecular formula is C22H25N3O8. The van der Waals surface area contributed by atoms with Gasteiger partial charge < -0.3 is 37.0 Å². The van der Waals surface area contributed by atoms with Gasteiger partial charge in [-0.25, -0.2) is 0 Å². The van der Waals surface area contributed by atoms with E-state index in [9.17, 15) is 39.9 Å². The Bertz CT molecular complexity index is 1190. The van der Waals surface area contributed by atoms with Crippen LogP contribution in [0.15, 0.2) is 29.0 Å². The number of nitrogens with two attached hydrogens (primary N) is 2. The highest BCUT2D eigenvalue weighted by Crippen LogP contribution is 2.56. The first-order valence-electron chi connectivity index (χ1n) is 10.2. The third-order valence-corrected chi connectivity index (χ3v) is 7.16. The molecule has 0 saturated heterocycles. The highest BCUT2D eigenvalue weighted by molar-refractivity contribution is 6.24. The third kappa shape index (κ3) is 2.63. The molecular weight excluding hydrogens is 434 g/mol. The van der Waals surface area contributed by atoms with E-state index < -0.39 is 81.4 Å². The summed E-state index contributed by atoms with van der Waals surface area (Å²) in [6, 6.07) is 1.57. The molecule has 1 aromatic carbocycles. The summed E-state index contributed by atoms with van der Waals surface area (Å²) in [7, 11) is 2.90. The van der Waals surface area contributed by atoms with Crippen molar-refractivity contribution < 1.29 is 39.9 Å². The molecule has 3 aliphatic carbocycles. The van der Waals surface area contributed by atoms with Crippen molar-refractivity contribution in [3.63, 3.8) is 0 Å². The van der Waals surface area contributed by atoms with Gasteiger partial charge in [0.2, 0.25) is 5.78 Å². The monoisotopic (exact) mass is 459 g/mol. The molecule has 0 bridgehead atoms. The van der Waals surface area contributed by atoms with Crippen molar-refractivity contribution in [2.75, 3.05) is 19.8 Å². The Morgan fingerprint density at radius 1 is 1.15 bits per heavy atom. The number of amides is 1. The van der Waals surface area contributed by atoms with Crippen molar-refractivity contribution in [3.8, 4) is 5.75 Å². The summed E-state index contributed by atoms with van der Waals surface area (Å²) in [5.41, 5.74) is 6.86. The van der Waals surface area contributed by atoms with Gasteiger partial charge in [0, 0.05) is 11.5 Å². The number of aliphatic hydroxyl groups excluding tert-OH is 3. The second-order valence-electron chi connectivity index (χ2n) is 9.02. The highest BCUT2D eigenvalue weighted by atomic mass is 16.4. The molecule has 9 N–H and O–H groups in total. The summed E-state index contributed by atoms with van der Waals surface area (Å²) in [5.74, 6) is -9.34. The maximum atomic E-state index is 13.7. The van der Waals surface area contributed by atoms with Crippen LogP contribution in [0.1, 0.15) is 24.0 Å². The maximum absolute atomic E-state index is 13.7. The van der Waals surface area contributed by atoms with Crippen LogP contribution in [0.3, 0.4) is 0 Å². The van der Waals surface area contributed by atoms with E-state index in [0.29, 0.717) is 5.56 Å². The standard InChI is InChI=1S/C22H25N3O8/c1-6-7-4-5-8(23)15(26)10(7)16(27)11-9(6)17(28)13-14(25(2)3)18(29)12(21(24)32)20(31)22(13,33)19(11)30/h4-6,9,13-14,17,26-28,31,33H,23H2,1-3H3,(H2,24,32)/t6?,9?,13?,14-,17?,22?/m0/s1. The van der Waals surface area contributed by atoms with Gasteiger partial charge in [0.15, 0.2) is 11.4 Å². The summed E-state index contributed by atoms with van der Waals surface area (Å²) in [6.07, 6.45) is -1.62. The van der Waals surface area contributed by atoms with Gasteiger partial charge in [-0.3, -0.25) is 19.3 Å². The van der Waals surface area contributed by atoms with Crippen molar-refractivity contribution in [2.24, 2.45) is 17.6 Å². The van der Waals surface area contributed by atoms with E-state index in [1.54, 1.807) is 6.92 Å². The molecule has 0 aliphatic heterocycles.